The van der Waals surface area contributed by atoms with Gasteiger partial charge in [-0.2, -0.15) is 5.10 Å². The van der Waals surface area contributed by atoms with E-state index in [1.54, 1.807) is 10.9 Å². The average Bonchev–Trinajstić information content (AvgIpc) is 2.57. The van der Waals surface area contributed by atoms with Crippen molar-refractivity contribution in [3.8, 4) is 0 Å². The molecule has 0 bridgehead atoms. The van der Waals surface area contributed by atoms with Gasteiger partial charge in [-0.15, -0.1) is 0 Å². The molecule has 0 spiro atoms. The Bertz CT molecular complexity index is 347. The van der Waals surface area contributed by atoms with Crippen LogP contribution >= 0.6 is 11.6 Å². The predicted molar refractivity (Wildman–Crippen MR) is 66.6 cm³/mol. The number of aliphatic hydroxyl groups excluding tert-OH is 1. The highest BCUT2D eigenvalue weighted by Gasteiger charge is 2.26. The molecule has 0 saturated carbocycles. The Hall–Kier alpha value is -0.540. The number of aliphatic hydroxyl groups is 1. The normalized spacial score (nSPS) is 15.8. The van der Waals surface area contributed by atoms with E-state index in [0.29, 0.717) is 10.9 Å². The maximum absolute atomic E-state index is 10.3. The number of nitrogens with zero attached hydrogens (tertiary/aromatic N) is 2. The standard InChI is InChI=1S/C12H21ClN2O/c1-7(2)9(5)12(16)11-10(13)6-14-15(11)8(3)4/h6-9,12,16H,1-5H3. The van der Waals surface area contributed by atoms with Crippen molar-refractivity contribution in [2.75, 3.05) is 0 Å². The summed E-state index contributed by atoms with van der Waals surface area (Å²) in [5.74, 6) is 0.563. The van der Waals surface area contributed by atoms with E-state index in [-0.39, 0.29) is 12.0 Å². The summed E-state index contributed by atoms with van der Waals surface area (Å²) < 4.78 is 1.80. The number of hydrogen-bond donors (Lipinski definition) is 1. The average molecular weight is 245 g/mol. The Morgan fingerprint density at radius 3 is 2.25 bits per heavy atom. The number of rotatable bonds is 4. The Kier molecular flexibility index (Phi) is 4.39. The summed E-state index contributed by atoms with van der Waals surface area (Å²) in [5.41, 5.74) is 0.734. The van der Waals surface area contributed by atoms with Crippen LogP contribution in [-0.2, 0) is 0 Å². The summed E-state index contributed by atoms with van der Waals surface area (Å²) in [5, 5.41) is 15.1. The number of hydrogen-bond acceptors (Lipinski definition) is 2. The molecule has 1 rings (SSSR count). The van der Waals surface area contributed by atoms with Gasteiger partial charge in [-0.1, -0.05) is 32.4 Å². The molecule has 0 saturated heterocycles. The lowest BCUT2D eigenvalue weighted by Crippen LogP contribution is -2.20. The van der Waals surface area contributed by atoms with Gasteiger partial charge in [-0.25, -0.2) is 0 Å². The van der Waals surface area contributed by atoms with E-state index in [2.05, 4.69) is 18.9 Å². The molecular weight excluding hydrogens is 224 g/mol. The quantitative estimate of drug-likeness (QED) is 0.881. The van der Waals surface area contributed by atoms with Crippen molar-refractivity contribution in [1.29, 1.82) is 0 Å². The van der Waals surface area contributed by atoms with E-state index in [1.165, 1.54) is 0 Å². The molecule has 0 fully saturated rings. The summed E-state index contributed by atoms with van der Waals surface area (Å²) in [6.07, 6.45) is 1.05. The molecule has 0 aliphatic carbocycles. The minimum atomic E-state index is -0.558. The second-order valence-electron chi connectivity index (χ2n) is 4.96. The van der Waals surface area contributed by atoms with E-state index in [0.717, 1.165) is 5.69 Å². The largest absolute Gasteiger partial charge is 0.386 e. The van der Waals surface area contributed by atoms with Crippen LogP contribution in [0.15, 0.2) is 6.20 Å². The van der Waals surface area contributed by atoms with Gasteiger partial charge in [0.15, 0.2) is 0 Å². The van der Waals surface area contributed by atoms with Crippen molar-refractivity contribution in [2.45, 2.75) is 46.8 Å². The fourth-order valence-corrected chi connectivity index (χ4v) is 1.89. The van der Waals surface area contributed by atoms with E-state index in [4.69, 9.17) is 11.6 Å². The molecule has 92 valence electrons. The minimum absolute atomic E-state index is 0.159. The van der Waals surface area contributed by atoms with Crippen LogP contribution < -0.4 is 0 Å². The van der Waals surface area contributed by atoms with Crippen LogP contribution in [0.2, 0.25) is 5.02 Å². The molecule has 1 aromatic rings. The Labute approximate surface area is 102 Å². The zero-order valence-corrected chi connectivity index (χ0v) is 11.4. The molecule has 0 aromatic carbocycles. The van der Waals surface area contributed by atoms with Crippen LogP contribution in [0.1, 0.15) is 52.5 Å². The Balaban J connectivity index is 3.06. The molecule has 0 aliphatic heterocycles. The third-order valence-electron chi connectivity index (χ3n) is 3.11. The predicted octanol–water partition coefficient (Wildman–Crippen LogP) is 3.44. The molecule has 1 heterocycles. The molecule has 0 radical (unpaired) electrons. The first-order valence-electron chi connectivity index (χ1n) is 5.77. The molecule has 2 unspecified atom stereocenters. The van der Waals surface area contributed by atoms with Gasteiger partial charge >= 0.3 is 0 Å². The molecule has 4 heteroatoms. The lowest BCUT2D eigenvalue weighted by Gasteiger charge is -2.24. The lowest BCUT2D eigenvalue weighted by atomic mass is 9.90. The van der Waals surface area contributed by atoms with Gasteiger partial charge in [0.2, 0.25) is 0 Å². The maximum Gasteiger partial charge on any atom is 0.0999 e. The van der Waals surface area contributed by atoms with Crippen LogP contribution in [0.25, 0.3) is 0 Å². The third-order valence-corrected chi connectivity index (χ3v) is 3.40. The maximum atomic E-state index is 10.3. The van der Waals surface area contributed by atoms with Gasteiger partial charge in [0.25, 0.3) is 0 Å². The van der Waals surface area contributed by atoms with E-state index in [1.807, 2.05) is 20.8 Å². The van der Waals surface area contributed by atoms with Crippen molar-refractivity contribution in [3.63, 3.8) is 0 Å². The summed E-state index contributed by atoms with van der Waals surface area (Å²) in [7, 11) is 0. The zero-order chi connectivity index (χ0) is 12.5. The van der Waals surface area contributed by atoms with Crippen LogP contribution in [-0.4, -0.2) is 14.9 Å². The van der Waals surface area contributed by atoms with Gasteiger partial charge in [-0.05, 0) is 25.7 Å². The van der Waals surface area contributed by atoms with Crippen LogP contribution in [0.5, 0.6) is 0 Å². The van der Waals surface area contributed by atoms with Gasteiger partial charge in [0, 0.05) is 6.04 Å². The first kappa shape index (κ1) is 13.5. The van der Waals surface area contributed by atoms with Gasteiger partial charge in [0.05, 0.1) is 23.0 Å². The fraction of sp³-hybridized carbons (Fsp3) is 0.750. The molecule has 0 amide bonds. The van der Waals surface area contributed by atoms with Crippen molar-refractivity contribution < 1.29 is 5.11 Å². The van der Waals surface area contributed by atoms with Crippen LogP contribution in [0.3, 0.4) is 0 Å². The highest BCUT2D eigenvalue weighted by molar-refractivity contribution is 6.31. The topological polar surface area (TPSA) is 38.1 Å². The summed E-state index contributed by atoms with van der Waals surface area (Å²) in [4.78, 5) is 0. The fourth-order valence-electron chi connectivity index (χ4n) is 1.65. The number of aromatic nitrogens is 2. The van der Waals surface area contributed by atoms with Gasteiger partial charge < -0.3 is 5.11 Å². The van der Waals surface area contributed by atoms with E-state index in [9.17, 15) is 5.11 Å². The Morgan fingerprint density at radius 2 is 1.81 bits per heavy atom. The SMILES string of the molecule is CC(C)C(C)C(O)c1c(Cl)cnn1C(C)C. The lowest BCUT2D eigenvalue weighted by molar-refractivity contribution is 0.0824. The van der Waals surface area contributed by atoms with Crippen molar-refractivity contribution in [3.05, 3.63) is 16.9 Å². The highest BCUT2D eigenvalue weighted by Crippen LogP contribution is 2.33. The summed E-state index contributed by atoms with van der Waals surface area (Å²) in [6, 6.07) is 0.205. The van der Waals surface area contributed by atoms with Crippen LogP contribution in [0, 0.1) is 11.8 Å². The molecule has 3 nitrogen and oxygen atoms in total. The molecule has 1 N–H and O–H groups in total. The van der Waals surface area contributed by atoms with Crippen molar-refractivity contribution in [2.24, 2.45) is 11.8 Å². The second-order valence-corrected chi connectivity index (χ2v) is 5.37. The van der Waals surface area contributed by atoms with Crippen molar-refractivity contribution in [1.82, 2.24) is 9.78 Å². The third kappa shape index (κ3) is 2.58. The van der Waals surface area contributed by atoms with Crippen LogP contribution in [0.4, 0.5) is 0 Å². The molecule has 2 atom stereocenters. The number of halogens is 1. The van der Waals surface area contributed by atoms with Gasteiger partial charge in [-0.3, -0.25) is 4.68 Å². The molecule has 0 aliphatic rings. The molecule has 1 aromatic heterocycles. The smallest absolute Gasteiger partial charge is 0.0999 e. The first-order chi connectivity index (χ1) is 7.36. The zero-order valence-electron chi connectivity index (χ0n) is 10.6. The van der Waals surface area contributed by atoms with E-state index < -0.39 is 6.10 Å². The Morgan fingerprint density at radius 1 is 1.25 bits per heavy atom. The van der Waals surface area contributed by atoms with Gasteiger partial charge in [0.1, 0.15) is 0 Å². The van der Waals surface area contributed by atoms with E-state index >= 15 is 0 Å². The second kappa shape index (κ2) is 5.19. The molecular formula is C12H21ClN2O. The molecule has 16 heavy (non-hydrogen) atoms. The minimum Gasteiger partial charge on any atom is -0.386 e. The van der Waals surface area contributed by atoms with Crippen molar-refractivity contribution >= 4 is 11.6 Å². The highest BCUT2D eigenvalue weighted by atomic mass is 35.5. The summed E-state index contributed by atoms with van der Waals surface area (Å²) in [6.45, 7) is 10.3. The monoisotopic (exact) mass is 244 g/mol. The first-order valence-corrected chi connectivity index (χ1v) is 6.15. The summed E-state index contributed by atoms with van der Waals surface area (Å²) >= 11 is 6.09.